The molecule has 1 atom stereocenters. The number of benzene rings is 2. The molecule has 32 heavy (non-hydrogen) atoms. The first kappa shape index (κ1) is 23.3. The van der Waals surface area contributed by atoms with Gasteiger partial charge in [0.25, 0.3) is 0 Å². The maximum atomic E-state index is 12.4. The molecule has 0 spiro atoms. The van der Waals surface area contributed by atoms with Gasteiger partial charge in [-0.25, -0.2) is 4.79 Å². The van der Waals surface area contributed by atoms with Crippen LogP contribution in [0.15, 0.2) is 52.7 Å². The van der Waals surface area contributed by atoms with E-state index in [0.717, 1.165) is 11.8 Å². The van der Waals surface area contributed by atoms with Crippen LogP contribution in [0.3, 0.4) is 0 Å². The number of carbonyl (C=O) groups is 3. The molecule has 2 aromatic carbocycles. The molecule has 166 valence electrons. The highest BCUT2D eigenvalue weighted by atomic mass is 35.5. The molecule has 1 fully saturated rings. The third-order valence-corrected chi connectivity index (χ3v) is 5.37. The van der Waals surface area contributed by atoms with Gasteiger partial charge in [0.15, 0.2) is 16.7 Å². The minimum absolute atomic E-state index is 0.219. The maximum Gasteiger partial charge on any atom is 0.343 e. The van der Waals surface area contributed by atoms with E-state index in [9.17, 15) is 14.4 Å². The molecule has 1 saturated heterocycles. The summed E-state index contributed by atoms with van der Waals surface area (Å²) in [5.41, 5.74) is 0.955. The van der Waals surface area contributed by atoms with Crippen molar-refractivity contribution in [3.63, 3.8) is 0 Å². The number of nitrogens with one attached hydrogen (secondary N) is 1. The first-order chi connectivity index (χ1) is 15.4. The van der Waals surface area contributed by atoms with Crippen molar-refractivity contribution in [2.75, 3.05) is 6.61 Å². The van der Waals surface area contributed by atoms with E-state index in [0.29, 0.717) is 28.5 Å². The molecule has 1 heterocycles. The summed E-state index contributed by atoms with van der Waals surface area (Å²) in [5.74, 6) is -1.46. The van der Waals surface area contributed by atoms with Gasteiger partial charge in [-0.3, -0.25) is 9.59 Å². The quantitative estimate of drug-likeness (QED) is 0.259. The van der Waals surface area contributed by atoms with Gasteiger partial charge in [0, 0.05) is 5.02 Å². The number of carboxylic acids is 1. The van der Waals surface area contributed by atoms with Crippen molar-refractivity contribution in [3.05, 3.63) is 58.6 Å². The predicted octanol–water partition coefficient (Wildman–Crippen LogP) is 3.35. The van der Waals surface area contributed by atoms with E-state index in [2.05, 4.69) is 15.5 Å². The van der Waals surface area contributed by atoms with Gasteiger partial charge in [-0.15, -0.1) is 5.10 Å². The highest BCUT2D eigenvalue weighted by Gasteiger charge is 2.32. The molecule has 1 amide bonds. The van der Waals surface area contributed by atoms with Crippen molar-refractivity contribution in [1.29, 1.82) is 0 Å². The summed E-state index contributed by atoms with van der Waals surface area (Å²) >= 11 is 6.84. The van der Waals surface area contributed by atoms with E-state index in [1.165, 1.54) is 6.21 Å². The van der Waals surface area contributed by atoms with Crippen LogP contribution in [0.1, 0.15) is 29.3 Å². The molecule has 1 aliphatic heterocycles. The fourth-order valence-electron chi connectivity index (χ4n) is 2.60. The standard InChI is InChI=1S/C21H18ClN3O6S/c1-2-30-16-9-12(11-23-25-21-24-19(28)17(32-21)10-18(26)27)3-8-15(16)31-20(29)13-4-6-14(22)7-5-13/h3-9,11,17H,2,10H2,1H3,(H,26,27)(H,24,25,28)/b23-11-/t17-/m1/s1. The van der Waals surface area contributed by atoms with Crippen LogP contribution in [0.25, 0.3) is 0 Å². The summed E-state index contributed by atoms with van der Waals surface area (Å²) in [6, 6.07) is 11.2. The van der Waals surface area contributed by atoms with Crippen LogP contribution in [0.5, 0.6) is 11.5 Å². The van der Waals surface area contributed by atoms with E-state index >= 15 is 0 Å². The molecule has 1 aliphatic rings. The Morgan fingerprint density at radius 3 is 2.66 bits per heavy atom. The molecule has 0 aromatic heterocycles. The zero-order valence-electron chi connectivity index (χ0n) is 16.8. The first-order valence-electron chi connectivity index (χ1n) is 9.40. The second-order valence-electron chi connectivity index (χ2n) is 6.38. The lowest BCUT2D eigenvalue weighted by Gasteiger charge is -2.11. The third-order valence-electron chi connectivity index (χ3n) is 4.04. The average Bonchev–Trinajstić information content (AvgIpc) is 3.09. The number of amides is 1. The summed E-state index contributed by atoms with van der Waals surface area (Å²) in [6.45, 7) is 2.15. The number of thioether (sulfide) groups is 1. The number of carboxylic acid groups (broad SMARTS) is 1. The van der Waals surface area contributed by atoms with Gasteiger partial charge >= 0.3 is 11.9 Å². The summed E-state index contributed by atoms with van der Waals surface area (Å²) in [5, 5.41) is 19.1. The molecule has 0 radical (unpaired) electrons. The van der Waals surface area contributed by atoms with Crippen LogP contribution in [-0.4, -0.2) is 46.2 Å². The Hall–Kier alpha value is -3.37. The first-order valence-corrected chi connectivity index (χ1v) is 10.7. The highest BCUT2D eigenvalue weighted by molar-refractivity contribution is 8.15. The third kappa shape index (κ3) is 6.32. The minimum Gasteiger partial charge on any atom is -0.490 e. The van der Waals surface area contributed by atoms with Gasteiger partial charge in [0.2, 0.25) is 5.91 Å². The van der Waals surface area contributed by atoms with Gasteiger partial charge in [-0.2, -0.15) is 5.10 Å². The second kappa shape index (κ2) is 10.8. The molecule has 3 rings (SSSR count). The van der Waals surface area contributed by atoms with Crippen molar-refractivity contribution < 1.29 is 29.0 Å². The molecule has 0 bridgehead atoms. The van der Waals surface area contributed by atoms with E-state index in [-0.39, 0.29) is 17.3 Å². The lowest BCUT2D eigenvalue weighted by atomic mass is 10.2. The zero-order chi connectivity index (χ0) is 23.1. The van der Waals surface area contributed by atoms with Crippen molar-refractivity contribution in [2.24, 2.45) is 10.2 Å². The SMILES string of the molecule is CCOc1cc(/C=N\N=C2/NC(=O)[C@@H](CC(=O)O)S2)ccc1OC(=O)c1ccc(Cl)cc1. The number of nitrogens with zero attached hydrogens (tertiary/aromatic N) is 2. The van der Waals surface area contributed by atoms with Crippen molar-refractivity contribution in [2.45, 2.75) is 18.6 Å². The summed E-state index contributed by atoms with van der Waals surface area (Å²) < 4.78 is 11.0. The van der Waals surface area contributed by atoms with Gasteiger partial charge in [-0.05, 0) is 55.0 Å². The van der Waals surface area contributed by atoms with Crippen LogP contribution in [-0.2, 0) is 9.59 Å². The van der Waals surface area contributed by atoms with Crippen LogP contribution in [0, 0.1) is 0 Å². The van der Waals surface area contributed by atoms with E-state index < -0.39 is 23.1 Å². The Kier molecular flexibility index (Phi) is 7.85. The molecule has 0 aliphatic carbocycles. The van der Waals surface area contributed by atoms with Gasteiger partial charge in [-0.1, -0.05) is 23.4 Å². The van der Waals surface area contributed by atoms with Crippen LogP contribution in [0.4, 0.5) is 0 Å². The molecule has 11 heteroatoms. The topological polar surface area (TPSA) is 127 Å². The monoisotopic (exact) mass is 475 g/mol. The molecule has 0 unspecified atom stereocenters. The van der Waals surface area contributed by atoms with Crippen LogP contribution >= 0.6 is 23.4 Å². The van der Waals surface area contributed by atoms with Crippen LogP contribution < -0.4 is 14.8 Å². The summed E-state index contributed by atoms with van der Waals surface area (Å²) in [6.07, 6.45) is 1.13. The average molecular weight is 476 g/mol. The molecule has 2 aromatic rings. The molecular formula is C21H18ClN3O6S. The Morgan fingerprint density at radius 2 is 1.97 bits per heavy atom. The molecular weight excluding hydrogens is 458 g/mol. The lowest BCUT2D eigenvalue weighted by Crippen LogP contribution is -2.26. The van der Waals surface area contributed by atoms with Gasteiger partial charge in [0.1, 0.15) is 5.25 Å². The number of esters is 1. The number of carbonyl (C=O) groups excluding carboxylic acids is 2. The Labute approximate surface area is 192 Å². The van der Waals surface area contributed by atoms with Gasteiger partial charge < -0.3 is 19.9 Å². The van der Waals surface area contributed by atoms with Crippen molar-refractivity contribution >= 4 is 52.6 Å². The number of ether oxygens (including phenoxy) is 2. The van der Waals surface area contributed by atoms with Crippen molar-refractivity contribution in [1.82, 2.24) is 5.32 Å². The zero-order valence-corrected chi connectivity index (χ0v) is 18.4. The number of hydrogen-bond acceptors (Lipinski definition) is 8. The maximum absolute atomic E-state index is 12.4. The van der Waals surface area contributed by atoms with E-state index in [4.69, 9.17) is 26.2 Å². The van der Waals surface area contributed by atoms with Crippen LogP contribution in [0.2, 0.25) is 5.02 Å². The Bertz CT molecular complexity index is 1090. The van der Waals surface area contributed by atoms with Crippen molar-refractivity contribution in [3.8, 4) is 11.5 Å². The number of halogens is 1. The number of hydrogen-bond donors (Lipinski definition) is 2. The Balaban J connectivity index is 1.70. The number of aliphatic carboxylic acids is 1. The normalized spacial score (nSPS) is 16.9. The summed E-state index contributed by atoms with van der Waals surface area (Å²) in [4.78, 5) is 34.9. The fourth-order valence-corrected chi connectivity index (χ4v) is 3.64. The number of amidine groups is 1. The fraction of sp³-hybridized carbons (Fsp3) is 0.190. The number of rotatable bonds is 8. The molecule has 9 nitrogen and oxygen atoms in total. The second-order valence-corrected chi connectivity index (χ2v) is 8.01. The lowest BCUT2D eigenvalue weighted by molar-refractivity contribution is -0.138. The smallest absolute Gasteiger partial charge is 0.343 e. The highest BCUT2D eigenvalue weighted by Crippen LogP contribution is 2.29. The molecule has 2 N–H and O–H groups in total. The Morgan fingerprint density at radius 1 is 1.22 bits per heavy atom. The predicted molar refractivity (Wildman–Crippen MR) is 121 cm³/mol. The minimum atomic E-state index is -1.07. The molecule has 0 saturated carbocycles. The van der Waals surface area contributed by atoms with Gasteiger partial charge in [0.05, 0.1) is 24.8 Å². The largest absolute Gasteiger partial charge is 0.490 e. The van der Waals surface area contributed by atoms with E-state index in [1.54, 1.807) is 49.4 Å². The summed E-state index contributed by atoms with van der Waals surface area (Å²) in [7, 11) is 0. The van der Waals surface area contributed by atoms with E-state index in [1.807, 2.05) is 0 Å².